The van der Waals surface area contributed by atoms with Gasteiger partial charge < -0.3 is 19.3 Å². The molecule has 0 amide bonds. The molecule has 0 bridgehead atoms. The van der Waals surface area contributed by atoms with Gasteiger partial charge in [0.05, 0.1) is 7.11 Å². The van der Waals surface area contributed by atoms with Crippen molar-refractivity contribution in [1.82, 2.24) is 0 Å². The minimum atomic E-state index is -1.10. The lowest BCUT2D eigenvalue weighted by atomic mass is 10.1. The predicted octanol–water partition coefficient (Wildman–Crippen LogP) is 1.59. The standard InChI is InChI=1S/C9H14O6.C2H6S.C2H6/c1-5(10)14-6-3-7(9(12)13-2)15-8(11)4-6;1-3-2;1-2/h6-8,11H,3-4H2,1-2H3;1-2H3;1-2H3. The summed E-state index contributed by atoms with van der Waals surface area (Å²) in [5, 5.41) is 9.29. The molecule has 1 saturated heterocycles. The molecule has 0 aromatic carbocycles. The molecule has 1 rings (SSSR count). The van der Waals surface area contributed by atoms with Crippen LogP contribution >= 0.6 is 11.8 Å². The third kappa shape index (κ3) is 10.1. The van der Waals surface area contributed by atoms with Crippen molar-refractivity contribution >= 4 is 23.7 Å². The Hall–Kier alpha value is -0.790. The Labute approximate surface area is 125 Å². The van der Waals surface area contributed by atoms with Crippen LogP contribution in [-0.2, 0) is 23.8 Å². The molecule has 1 heterocycles. The summed E-state index contributed by atoms with van der Waals surface area (Å²) < 4.78 is 14.3. The van der Waals surface area contributed by atoms with Gasteiger partial charge in [-0.15, -0.1) is 0 Å². The van der Waals surface area contributed by atoms with E-state index in [0.29, 0.717) is 0 Å². The summed E-state index contributed by atoms with van der Waals surface area (Å²) in [6.45, 7) is 5.27. The van der Waals surface area contributed by atoms with Crippen molar-refractivity contribution in [3.05, 3.63) is 0 Å². The second kappa shape index (κ2) is 13.2. The molecule has 3 atom stereocenters. The van der Waals surface area contributed by atoms with Crippen LogP contribution in [0.2, 0.25) is 0 Å². The molecule has 1 aliphatic rings. The molecule has 0 aromatic rings. The lowest BCUT2D eigenvalue weighted by Gasteiger charge is -2.30. The van der Waals surface area contributed by atoms with E-state index in [1.807, 2.05) is 26.4 Å². The van der Waals surface area contributed by atoms with Gasteiger partial charge in [0.2, 0.25) is 0 Å². The number of thioether (sulfide) groups is 1. The van der Waals surface area contributed by atoms with E-state index in [4.69, 9.17) is 9.47 Å². The fraction of sp³-hybridized carbons (Fsp3) is 0.846. The summed E-state index contributed by atoms with van der Waals surface area (Å²) in [6, 6.07) is 0. The Kier molecular flexibility index (Phi) is 14.2. The van der Waals surface area contributed by atoms with E-state index >= 15 is 0 Å². The quantitative estimate of drug-likeness (QED) is 0.776. The van der Waals surface area contributed by atoms with Crippen molar-refractivity contribution in [3.8, 4) is 0 Å². The molecule has 0 saturated carbocycles. The summed E-state index contributed by atoms with van der Waals surface area (Å²) >= 11 is 1.75. The van der Waals surface area contributed by atoms with Crippen molar-refractivity contribution in [3.63, 3.8) is 0 Å². The minimum Gasteiger partial charge on any atom is -0.467 e. The molecule has 0 radical (unpaired) electrons. The molecule has 0 aromatic heterocycles. The first-order valence-electron chi connectivity index (χ1n) is 6.43. The molecule has 1 aliphatic heterocycles. The fourth-order valence-corrected chi connectivity index (χ4v) is 1.47. The lowest BCUT2D eigenvalue weighted by Crippen LogP contribution is -2.42. The third-order valence-corrected chi connectivity index (χ3v) is 2.06. The second-order valence-corrected chi connectivity index (χ2v) is 4.53. The summed E-state index contributed by atoms with van der Waals surface area (Å²) in [4.78, 5) is 21.8. The van der Waals surface area contributed by atoms with Crippen LogP contribution in [0.25, 0.3) is 0 Å². The van der Waals surface area contributed by atoms with E-state index in [2.05, 4.69) is 4.74 Å². The monoisotopic (exact) mass is 310 g/mol. The minimum absolute atomic E-state index is 0.174. The highest BCUT2D eigenvalue weighted by Crippen LogP contribution is 2.21. The van der Waals surface area contributed by atoms with E-state index in [1.54, 1.807) is 11.8 Å². The van der Waals surface area contributed by atoms with Crippen molar-refractivity contribution in [2.45, 2.75) is 52.1 Å². The van der Waals surface area contributed by atoms with Gasteiger partial charge in [0.1, 0.15) is 6.10 Å². The number of aliphatic hydroxyl groups is 1. The molecule has 6 nitrogen and oxygen atoms in total. The first-order chi connectivity index (χ1) is 9.44. The Morgan fingerprint density at radius 1 is 1.25 bits per heavy atom. The van der Waals surface area contributed by atoms with E-state index < -0.39 is 30.4 Å². The third-order valence-electron chi connectivity index (χ3n) is 2.06. The van der Waals surface area contributed by atoms with Gasteiger partial charge in [-0.2, -0.15) is 11.8 Å². The molecule has 20 heavy (non-hydrogen) atoms. The predicted molar refractivity (Wildman–Crippen MR) is 78.5 cm³/mol. The maximum atomic E-state index is 11.1. The number of hydrogen-bond acceptors (Lipinski definition) is 7. The Bertz CT molecular complexity index is 272. The van der Waals surface area contributed by atoms with Gasteiger partial charge in [0.15, 0.2) is 12.4 Å². The van der Waals surface area contributed by atoms with Crippen LogP contribution in [0.15, 0.2) is 0 Å². The summed E-state index contributed by atoms with van der Waals surface area (Å²) in [5.74, 6) is -1.02. The molecular formula is C13H26O6S. The van der Waals surface area contributed by atoms with Crippen molar-refractivity contribution in [1.29, 1.82) is 0 Å². The number of ether oxygens (including phenoxy) is 3. The van der Waals surface area contributed by atoms with Gasteiger partial charge >= 0.3 is 11.9 Å². The van der Waals surface area contributed by atoms with E-state index in [1.165, 1.54) is 14.0 Å². The van der Waals surface area contributed by atoms with Crippen LogP contribution in [-0.4, -0.2) is 55.2 Å². The van der Waals surface area contributed by atoms with Gasteiger partial charge in [-0.1, -0.05) is 13.8 Å². The Morgan fingerprint density at radius 3 is 2.15 bits per heavy atom. The zero-order chi connectivity index (χ0) is 16.1. The summed E-state index contributed by atoms with van der Waals surface area (Å²) in [7, 11) is 1.23. The van der Waals surface area contributed by atoms with Crippen LogP contribution < -0.4 is 0 Å². The molecule has 1 fully saturated rings. The van der Waals surface area contributed by atoms with Crippen molar-refractivity contribution in [2.24, 2.45) is 0 Å². The van der Waals surface area contributed by atoms with E-state index in [9.17, 15) is 14.7 Å². The Balaban J connectivity index is 0. The zero-order valence-electron chi connectivity index (χ0n) is 13.0. The number of carbonyl (C=O) groups is 2. The molecule has 3 unspecified atom stereocenters. The first kappa shape index (κ1) is 21.5. The smallest absolute Gasteiger partial charge is 0.335 e. The maximum Gasteiger partial charge on any atom is 0.335 e. The highest BCUT2D eigenvalue weighted by atomic mass is 32.2. The average molecular weight is 310 g/mol. The first-order valence-corrected chi connectivity index (χ1v) is 8.06. The highest BCUT2D eigenvalue weighted by molar-refractivity contribution is 7.97. The number of carbonyl (C=O) groups excluding carboxylic acids is 2. The molecular weight excluding hydrogens is 284 g/mol. The zero-order valence-corrected chi connectivity index (χ0v) is 13.9. The van der Waals surface area contributed by atoms with Gasteiger partial charge in [-0.3, -0.25) is 4.79 Å². The van der Waals surface area contributed by atoms with E-state index in [0.717, 1.165) is 0 Å². The van der Waals surface area contributed by atoms with Crippen LogP contribution in [0.4, 0.5) is 0 Å². The van der Waals surface area contributed by atoms with Crippen molar-refractivity contribution < 1.29 is 28.9 Å². The molecule has 1 N–H and O–H groups in total. The van der Waals surface area contributed by atoms with Gasteiger partial charge in [-0.25, -0.2) is 4.79 Å². The number of aliphatic hydroxyl groups excluding tert-OH is 1. The maximum absolute atomic E-state index is 11.1. The molecule has 0 spiro atoms. The molecule has 120 valence electrons. The van der Waals surface area contributed by atoms with Gasteiger partial charge in [0.25, 0.3) is 0 Å². The summed E-state index contributed by atoms with van der Waals surface area (Å²) in [5.41, 5.74) is 0. The topological polar surface area (TPSA) is 82.1 Å². The normalized spacial score (nSPS) is 24.2. The highest BCUT2D eigenvalue weighted by Gasteiger charge is 2.34. The van der Waals surface area contributed by atoms with Gasteiger partial charge in [-0.05, 0) is 12.5 Å². The van der Waals surface area contributed by atoms with Gasteiger partial charge in [0, 0.05) is 19.8 Å². The summed E-state index contributed by atoms with van der Waals surface area (Å²) in [6.07, 6.45) is 1.99. The van der Waals surface area contributed by atoms with Crippen LogP contribution in [0.3, 0.4) is 0 Å². The largest absolute Gasteiger partial charge is 0.467 e. The van der Waals surface area contributed by atoms with Crippen LogP contribution in [0, 0.1) is 0 Å². The molecule has 7 heteroatoms. The lowest BCUT2D eigenvalue weighted by molar-refractivity contribution is -0.211. The van der Waals surface area contributed by atoms with E-state index in [-0.39, 0.29) is 12.8 Å². The van der Waals surface area contributed by atoms with Crippen LogP contribution in [0.1, 0.15) is 33.6 Å². The van der Waals surface area contributed by atoms with Crippen LogP contribution in [0.5, 0.6) is 0 Å². The number of hydrogen-bond donors (Lipinski definition) is 1. The fourth-order valence-electron chi connectivity index (χ4n) is 1.47. The number of methoxy groups -OCH3 is 1. The SMILES string of the molecule is CC.COC(=O)C1CC(OC(C)=O)CC(O)O1.CSC. The number of esters is 2. The van der Waals surface area contributed by atoms with Crippen molar-refractivity contribution in [2.75, 3.05) is 19.6 Å². The Morgan fingerprint density at radius 2 is 1.75 bits per heavy atom. The number of rotatable bonds is 2. The second-order valence-electron chi connectivity index (χ2n) is 3.71. The molecule has 0 aliphatic carbocycles. The average Bonchev–Trinajstić information content (AvgIpc) is 2.39.